The maximum Gasteiger partial charge on any atom is 0.534 e. The molecule has 1 rings (SSSR count). The number of hydrogen-bond acceptors (Lipinski definition) is 4. The topological polar surface area (TPSA) is 46.6 Å². The molecule has 0 aliphatic rings. The smallest absolute Gasteiger partial charge is 0.375 e. The van der Waals surface area contributed by atoms with Gasteiger partial charge in [0.25, 0.3) is 0 Å². The summed E-state index contributed by atoms with van der Waals surface area (Å²) < 4.78 is 62.1. The first-order chi connectivity index (χ1) is 7.65. The van der Waals surface area contributed by atoms with Crippen molar-refractivity contribution < 1.29 is 25.8 Å². The molecule has 0 atom stereocenters. The lowest BCUT2D eigenvalue weighted by Gasteiger charge is -2.17. The lowest BCUT2D eigenvalue weighted by molar-refractivity contribution is -0.0499. The van der Waals surface area contributed by atoms with Gasteiger partial charge in [0.15, 0.2) is 5.75 Å². The summed E-state index contributed by atoms with van der Waals surface area (Å²) in [5, 5.41) is 0. The normalized spacial score (nSPS) is 12.3. The highest BCUT2D eigenvalue weighted by molar-refractivity contribution is 7.88. The molecule has 0 saturated heterocycles. The molecule has 8 heteroatoms. The van der Waals surface area contributed by atoms with E-state index in [0.29, 0.717) is 0 Å². The molecule has 96 valence electrons. The van der Waals surface area contributed by atoms with E-state index in [1.807, 2.05) is 0 Å². The lowest BCUT2D eigenvalue weighted by Crippen LogP contribution is -2.28. The van der Waals surface area contributed by atoms with Gasteiger partial charge in [-0.3, -0.25) is 0 Å². The Morgan fingerprint density at radius 2 is 1.71 bits per heavy atom. The summed E-state index contributed by atoms with van der Waals surface area (Å²) in [5.41, 5.74) is -5.20. The van der Waals surface area contributed by atoms with Crippen LogP contribution in [0.2, 0.25) is 0 Å². The summed E-state index contributed by atoms with van der Waals surface area (Å²) in [6.45, 7) is 0. The summed E-state index contributed by atoms with van der Waals surface area (Å²) in [6, 6.07) is 5.54. The van der Waals surface area contributed by atoms with Gasteiger partial charge in [-0.05, 0) is 12.1 Å². The minimum atomic E-state index is -5.63. The Bertz CT molecular complexity index is 496. The fourth-order valence-electron chi connectivity index (χ4n) is 1.06. The summed E-state index contributed by atoms with van der Waals surface area (Å²) in [6.07, 6.45) is 0. The van der Waals surface area contributed by atoms with Crippen molar-refractivity contribution in [2.24, 2.45) is 0 Å². The van der Waals surface area contributed by atoms with Gasteiger partial charge in [0, 0.05) is 14.1 Å². The summed E-state index contributed by atoms with van der Waals surface area (Å²) in [5.74, 6) is -0.366. The van der Waals surface area contributed by atoms with Crippen molar-refractivity contribution in [3.05, 3.63) is 24.3 Å². The van der Waals surface area contributed by atoms with Crippen molar-refractivity contribution >= 4 is 15.8 Å². The lowest BCUT2D eigenvalue weighted by atomic mass is 10.3. The van der Waals surface area contributed by atoms with E-state index >= 15 is 0 Å². The number of halogens is 3. The number of anilines is 1. The minimum Gasteiger partial charge on any atom is -0.375 e. The Labute approximate surface area is 96.7 Å². The Hall–Kier alpha value is -1.44. The maximum atomic E-state index is 12.1. The van der Waals surface area contributed by atoms with E-state index in [9.17, 15) is 21.6 Å². The molecule has 0 aliphatic carbocycles. The van der Waals surface area contributed by atoms with Crippen LogP contribution in [-0.2, 0) is 10.1 Å². The standard InChI is InChI=1S/C9H10F3NO3S/c1-13(2)7-5-3-4-6-8(7)16-17(14,15)9(10,11)12/h3-6H,1-2H3. The van der Waals surface area contributed by atoms with Crippen LogP contribution in [0.3, 0.4) is 0 Å². The molecule has 0 unspecified atom stereocenters. The van der Waals surface area contributed by atoms with Gasteiger partial charge in [-0.15, -0.1) is 0 Å². The molecule has 0 spiro atoms. The number of hydrogen-bond donors (Lipinski definition) is 0. The van der Waals surface area contributed by atoms with Gasteiger partial charge in [0.05, 0.1) is 5.69 Å². The Morgan fingerprint density at radius 3 is 2.18 bits per heavy atom. The van der Waals surface area contributed by atoms with Crippen LogP contribution >= 0.6 is 0 Å². The van der Waals surface area contributed by atoms with Crippen LogP contribution in [-0.4, -0.2) is 28.0 Å². The third-order valence-electron chi connectivity index (χ3n) is 1.83. The second-order valence-corrected chi connectivity index (χ2v) is 4.88. The first-order valence-electron chi connectivity index (χ1n) is 4.42. The second kappa shape index (κ2) is 4.44. The Balaban J connectivity index is 3.13. The van der Waals surface area contributed by atoms with Crippen LogP contribution in [0.1, 0.15) is 0 Å². The number of para-hydroxylation sites is 2. The zero-order valence-corrected chi connectivity index (χ0v) is 9.84. The molecule has 0 bridgehead atoms. The van der Waals surface area contributed by atoms with Gasteiger partial charge >= 0.3 is 15.6 Å². The van der Waals surface area contributed by atoms with Gasteiger partial charge in [0.2, 0.25) is 0 Å². The molecule has 0 aliphatic heterocycles. The van der Waals surface area contributed by atoms with E-state index in [-0.39, 0.29) is 11.4 Å². The Morgan fingerprint density at radius 1 is 1.18 bits per heavy atom. The predicted octanol–water partition coefficient (Wildman–Crippen LogP) is 1.98. The molecule has 1 aromatic carbocycles. The molecular weight excluding hydrogens is 259 g/mol. The maximum absolute atomic E-state index is 12.1. The van der Waals surface area contributed by atoms with Gasteiger partial charge < -0.3 is 9.08 Å². The van der Waals surface area contributed by atoms with E-state index in [4.69, 9.17) is 0 Å². The van der Waals surface area contributed by atoms with E-state index in [0.717, 1.165) is 6.07 Å². The molecule has 0 fully saturated rings. The van der Waals surface area contributed by atoms with Crippen LogP contribution in [0.15, 0.2) is 24.3 Å². The number of rotatable bonds is 3. The molecular formula is C9H10F3NO3S. The number of nitrogens with zero attached hydrogens (tertiary/aromatic N) is 1. The fourth-order valence-corrected chi connectivity index (χ4v) is 1.53. The van der Waals surface area contributed by atoms with Crippen LogP contribution in [0.5, 0.6) is 5.75 Å². The van der Waals surface area contributed by atoms with Gasteiger partial charge in [-0.1, -0.05) is 12.1 Å². The largest absolute Gasteiger partial charge is 0.534 e. The molecule has 17 heavy (non-hydrogen) atoms. The van der Waals surface area contributed by atoms with Crippen LogP contribution in [0, 0.1) is 0 Å². The Kier molecular flexibility index (Phi) is 3.56. The molecule has 1 aromatic rings. The van der Waals surface area contributed by atoms with Crippen molar-refractivity contribution in [1.82, 2.24) is 0 Å². The zero-order valence-electron chi connectivity index (χ0n) is 9.02. The highest BCUT2D eigenvalue weighted by Gasteiger charge is 2.48. The minimum absolute atomic E-state index is 0.236. The number of alkyl halides is 3. The third kappa shape index (κ3) is 3.02. The van der Waals surface area contributed by atoms with E-state index < -0.39 is 15.6 Å². The van der Waals surface area contributed by atoms with Crippen molar-refractivity contribution in [1.29, 1.82) is 0 Å². The zero-order chi connectivity index (χ0) is 13.3. The molecule has 0 radical (unpaired) electrons. The van der Waals surface area contributed by atoms with Crippen LogP contribution < -0.4 is 9.08 Å². The summed E-state index contributed by atoms with van der Waals surface area (Å²) in [4.78, 5) is 1.45. The van der Waals surface area contributed by atoms with Crippen LogP contribution in [0.25, 0.3) is 0 Å². The van der Waals surface area contributed by atoms with E-state index in [1.54, 1.807) is 20.2 Å². The monoisotopic (exact) mass is 269 g/mol. The first kappa shape index (κ1) is 13.6. The van der Waals surface area contributed by atoms with Crippen LogP contribution in [0.4, 0.5) is 18.9 Å². The van der Waals surface area contributed by atoms with Crippen molar-refractivity contribution in [3.63, 3.8) is 0 Å². The third-order valence-corrected chi connectivity index (χ3v) is 2.80. The summed E-state index contributed by atoms with van der Waals surface area (Å²) in [7, 11) is -2.52. The van der Waals surface area contributed by atoms with Gasteiger partial charge in [-0.2, -0.15) is 21.6 Å². The molecule has 0 heterocycles. The summed E-state index contributed by atoms with van der Waals surface area (Å²) >= 11 is 0. The number of benzene rings is 1. The molecule has 4 nitrogen and oxygen atoms in total. The van der Waals surface area contributed by atoms with E-state index in [2.05, 4.69) is 4.18 Å². The van der Waals surface area contributed by atoms with Gasteiger partial charge in [0.1, 0.15) is 0 Å². The van der Waals surface area contributed by atoms with Crippen molar-refractivity contribution in [2.75, 3.05) is 19.0 Å². The van der Waals surface area contributed by atoms with E-state index in [1.165, 1.54) is 17.0 Å². The highest BCUT2D eigenvalue weighted by Crippen LogP contribution is 2.32. The molecule has 0 amide bonds. The molecule has 0 aromatic heterocycles. The first-order valence-corrected chi connectivity index (χ1v) is 5.83. The average Bonchev–Trinajstić information content (AvgIpc) is 2.15. The van der Waals surface area contributed by atoms with Crippen molar-refractivity contribution in [2.45, 2.75) is 5.51 Å². The highest BCUT2D eigenvalue weighted by atomic mass is 32.2. The molecule has 0 saturated carbocycles. The van der Waals surface area contributed by atoms with Crippen molar-refractivity contribution in [3.8, 4) is 5.75 Å². The fraction of sp³-hybridized carbons (Fsp3) is 0.333. The average molecular weight is 269 g/mol. The second-order valence-electron chi connectivity index (χ2n) is 3.35. The SMILES string of the molecule is CN(C)c1ccccc1OS(=O)(=O)C(F)(F)F. The van der Waals surface area contributed by atoms with Gasteiger partial charge in [-0.25, -0.2) is 0 Å². The predicted molar refractivity (Wildman–Crippen MR) is 56.4 cm³/mol. The quantitative estimate of drug-likeness (QED) is 0.622. The molecule has 0 N–H and O–H groups in total.